The van der Waals surface area contributed by atoms with Gasteiger partial charge in [0, 0.05) is 23.7 Å². The molecule has 1 aromatic carbocycles. The van der Waals surface area contributed by atoms with Crippen LogP contribution >= 0.6 is 22.9 Å². The van der Waals surface area contributed by atoms with Crippen molar-refractivity contribution >= 4 is 39.6 Å². The van der Waals surface area contributed by atoms with Crippen LogP contribution in [0.3, 0.4) is 0 Å². The summed E-state index contributed by atoms with van der Waals surface area (Å²) >= 11 is 6.89. The molecule has 6 nitrogen and oxygen atoms in total. The van der Waals surface area contributed by atoms with Crippen LogP contribution in [-0.4, -0.2) is 42.5 Å². The van der Waals surface area contributed by atoms with E-state index >= 15 is 0 Å². The third kappa shape index (κ3) is 3.48. The van der Waals surface area contributed by atoms with Crippen molar-refractivity contribution in [1.82, 2.24) is 0 Å². The van der Waals surface area contributed by atoms with E-state index in [9.17, 15) is 15.0 Å². The summed E-state index contributed by atoms with van der Waals surface area (Å²) in [5.74, 6) is -1.16. The predicted octanol–water partition coefficient (Wildman–Crippen LogP) is 3.57. The van der Waals surface area contributed by atoms with Crippen molar-refractivity contribution in [3.8, 4) is 0 Å². The van der Waals surface area contributed by atoms with Crippen molar-refractivity contribution in [1.29, 1.82) is 0 Å². The number of benzene rings is 1. The van der Waals surface area contributed by atoms with E-state index in [2.05, 4.69) is 4.85 Å². The summed E-state index contributed by atoms with van der Waals surface area (Å²) in [4.78, 5) is 17.2. The molecule has 0 amide bonds. The topological polar surface area (TPSA) is 74.4 Å². The van der Waals surface area contributed by atoms with Gasteiger partial charge in [-0.15, -0.1) is 11.3 Å². The van der Waals surface area contributed by atoms with Crippen LogP contribution < -0.4 is 4.90 Å². The molecule has 0 saturated carbocycles. The van der Waals surface area contributed by atoms with Crippen molar-refractivity contribution in [3.05, 3.63) is 56.7 Å². The molecule has 25 heavy (non-hydrogen) atoms. The third-order valence-corrected chi connectivity index (χ3v) is 5.46. The fourth-order valence-electron chi connectivity index (χ4n) is 2.74. The highest BCUT2D eigenvalue weighted by Gasteiger charge is 2.31. The molecule has 0 spiro atoms. The highest BCUT2D eigenvalue weighted by atomic mass is 35.5. The van der Waals surface area contributed by atoms with Crippen LogP contribution in [0, 0.1) is 6.57 Å². The molecule has 0 bridgehead atoms. The molecule has 1 aromatic heterocycles. The van der Waals surface area contributed by atoms with Crippen LogP contribution in [0.4, 0.5) is 10.7 Å². The van der Waals surface area contributed by atoms with E-state index in [-0.39, 0.29) is 16.1 Å². The fourth-order valence-corrected chi connectivity index (χ4v) is 4.02. The number of carbonyl (C=O) groups is 1. The molecule has 8 heteroatoms. The second kappa shape index (κ2) is 7.42. The van der Waals surface area contributed by atoms with Gasteiger partial charge in [-0.25, -0.2) is 9.64 Å². The molecule has 1 fully saturated rings. The number of anilines is 1. The van der Waals surface area contributed by atoms with Crippen LogP contribution in [0.2, 0.25) is 5.02 Å². The average Bonchev–Trinajstić information content (AvgIpc) is 3.02. The lowest BCUT2D eigenvalue weighted by Gasteiger charge is -2.28. The predicted molar refractivity (Wildman–Crippen MR) is 96.1 cm³/mol. The van der Waals surface area contributed by atoms with Gasteiger partial charge >= 0.3 is 5.97 Å². The molecular formula is C17H15ClN2O4S. The number of aliphatic hydroxyl groups is 1. The van der Waals surface area contributed by atoms with Gasteiger partial charge in [0.05, 0.1) is 30.9 Å². The van der Waals surface area contributed by atoms with Crippen LogP contribution in [0.25, 0.3) is 4.85 Å². The number of carboxylic acid groups (broad SMARTS) is 1. The van der Waals surface area contributed by atoms with Crippen molar-refractivity contribution in [2.45, 2.75) is 6.10 Å². The standard InChI is InChI=1S/C17H15ClN2O4S/c1-19-13-12(14(21)10-2-4-11(18)5-3-10)15(17(22)23)25-16(13)20-6-8-24-9-7-20/h2-5,14,21H,6-9H2,(H,22,23). The van der Waals surface area contributed by atoms with Crippen LogP contribution in [0.15, 0.2) is 24.3 Å². The van der Waals surface area contributed by atoms with Crippen molar-refractivity contribution in [3.63, 3.8) is 0 Å². The van der Waals surface area contributed by atoms with Gasteiger partial charge in [0.25, 0.3) is 0 Å². The van der Waals surface area contributed by atoms with E-state index in [0.29, 0.717) is 41.9 Å². The zero-order chi connectivity index (χ0) is 18.0. The van der Waals surface area contributed by atoms with Crippen LogP contribution in [-0.2, 0) is 4.74 Å². The SMILES string of the molecule is [C-]#[N+]c1c(N2CCOCC2)sc(C(=O)O)c1C(O)c1ccc(Cl)cc1. The number of hydrogen-bond acceptors (Lipinski definition) is 5. The second-order valence-electron chi connectivity index (χ2n) is 5.47. The lowest BCUT2D eigenvalue weighted by Crippen LogP contribution is -2.35. The lowest BCUT2D eigenvalue weighted by molar-refractivity contribution is 0.0697. The Kier molecular flexibility index (Phi) is 5.25. The summed E-state index contributed by atoms with van der Waals surface area (Å²) in [6, 6.07) is 6.48. The van der Waals surface area contributed by atoms with Gasteiger partial charge in [-0.05, 0) is 17.7 Å². The van der Waals surface area contributed by atoms with E-state index in [1.807, 2.05) is 4.90 Å². The molecule has 2 heterocycles. The first-order valence-corrected chi connectivity index (χ1v) is 8.76. The lowest BCUT2D eigenvalue weighted by atomic mass is 10.0. The molecule has 130 valence electrons. The van der Waals surface area contributed by atoms with Gasteiger partial charge in [0.15, 0.2) is 0 Å². The van der Waals surface area contributed by atoms with E-state index in [4.69, 9.17) is 22.9 Å². The number of rotatable bonds is 4. The van der Waals surface area contributed by atoms with E-state index in [1.165, 1.54) is 0 Å². The molecule has 1 aliphatic rings. The molecule has 1 aliphatic heterocycles. The van der Waals surface area contributed by atoms with E-state index in [0.717, 1.165) is 11.3 Å². The van der Waals surface area contributed by atoms with Crippen LogP contribution in [0.1, 0.15) is 26.9 Å². The Hall–Kier alpha value is -2.11. The number of nitrogens with zero attached hydrogens (tertiary/aromatic N) is 2. The Morgan fingerprint density at radius 2 is 1.96 bits per heavy atom. The maximum atomic E-state index is 11.7. The Balaban J connectivity index is 2.10. The number of carboxylic acids is 1. The van der Waals surface area contributed by atoms with Gasteiger partial charge in [-0.2, -0.15) is 0 Å². The molecule has 1 atom stereocenters. The molecule has 3 rings (SSSR count). The van der Waals surface area contributed by atoms with Crippen molar-refractivity contribution in [2.75, 3.05) is 31.2 Å². The van der Waals surface area contributed by atoms with Crippen molar-refractivity contribution < 1.29 is 19.7 Å². The van der Waals surface area contributed by atoms with Gasteiger partial charge in [0.1, 0.15) is 4.88 Å². The first-order chi connectivity index (χ1) is 12.0. The first kappa shape index (κ1) is 17.7. The molecule has 0 radical (unpaired) electrons. The van der Waals surface area contributed by atoms with E-state index < -0.39 is 12.1 Å². The Bertz CT molecular complexity index is 822. The monoisotopic (exact) mass is 378 g/mol. The number of aliphatic hydroxyl groups excluding tert-OH is 1. The van der Waals surface area contributed by atoms with Gasteiger partial charge in [-0.1, -0.05) is 23.7 Å². The summed E-state index contributed by atoms with van der Waals surface area (Å²) in [6.07, 6.45) is -1.21. The van der Waals surface area contributed by atoms with Gasteiger partial charge in [0.2, 0.25) is 5.69 Å². The largest absolute Gasteiger partial charge is 0.477 e. The number of morpholine rings is 1. The van der Waals surface area contributed by atoms with Crippen molar-refractivity contribution in [2.24, 2.45) is 0 Å². The molecule has 2 N–H and O–H groups in total. The minimum Gasteiger partial charge on any atom is -0.477 e. The number of halogens is 1. The highest BCUT2D eigenvalue weighted by Crippen LogP contribution is 2.47. The number of ether oxygens (including phenoxy) is 1. The Morgan fingerprint density at radius 1 is 1.32 bits per heavy atom. The first-order valence-electron chi connectivity index (χ1n) is 7.56. The summed E-state index contributed by atoms with van der Waals surface area (Å²) in [7, 11) is 0. The van der Waals surface area contributed by atoms with Gasteiger partial charge < -0.3 is 19.8 Å². The molecular weight excluding hydrogens is 364 g/mol. The molecule has 0 aliphatic carbocycles. The number of hydrogen-bond donors (Lipinski definition) is 2. The minimum absolute atomic E-state index is 0.0186. The molecule has 1 unspecified atom stereocenters. The normalized spacial score (nSPS) is 15.6. The molecule has 1 saturated heterocycles. The quantitative estimate of drug-likeness (QED) is 0.795. The summed E-state index contributed by atoms with van der Waals surface area (Å²) in [6.45, 7) is 9.74. The summed E-state index contributed by atoms with van der Waals surface area (Å²) < 4.78 is 5.31. The number of aromatic carboxylic acids is 1. The van der Waals surface area contributed by atoms with Gasteiger partial charge in [-0.3, -0.25) is 0 Å². The maximum Gasteiger partial charge on any atom is 0.344 e. The molecule has 2 aromatic rings. The summed E-state index contributed by atoms with van der Waals surface area (Å²) in [5, 5.41) is 21.4. The fraction of sp³-hybridized carbons (Fsp3) is 0.294. The Labute approximate surface area is 153 Å². The summed E-state index contributed by atoms with van der Waals surface area (Å²) in [5.41, 5.74) is 0.811. The van der Waals surface area contributed by atoms with Crippen LogP contribution in [0.5, 0.6) is 0 Å². The average molecular weight is 379 g/mol. The smallest absolute Gasteiger partial charge is 0.344 e. The second-order valence-corrected chi connectivity index (χ2v) is 6.90. The third-order valence-electron chi connectivity index (χ3n) is 3.96. The zero-order valence-corrected chi connectivity index (χ0v) is 14.7. The minimum atomic E-state index is -1.21. The van der Waals surface area contributed by atoms with E-state index in [1.54, 1.807) is 24.3 Å². The Morgan fingerprint density at radius 3 is 2.52 bits per heavy atom. The highest BCUT2D eigenvalue weighted by molar-refractivity contribution is 7.18. The maximum absolute atomic E-state index is 11.7. The number of thiophene rings is 1. The zero-order valence-electron chi connectivity index (χ0n) is 13.1.